The molecule has 160 valence electrons. The molecule has 2 aromatic carbocycles. The van der Waals surface area contributed by atoms with Gasteiger partial charge in [-0.05, 0) is 54.1 Å². The molecule has 0 fully saturated rings. The van der Waals surface area contributed by atoms with E-state index >= 15 is 0 Å². The Bertz CT molecular complexity index is 1380. The van der Waals surface area contributed by atoms with Crippen LogP contribution in [0, 0.1) is 5.82 Å². The van der Waals surface area contributed by atoms with E-state index in [0.717, 1.165) is 0 Å². The summed E-state index contributed by atoms with van der Waals surface area (Å²) in [5.41, 5.74) is 1.49. The Morgan fingerprint density at radius 1 is 0.969 bits per heavy atom. The van der Waals surface area contributed by atoms with Crippen molar-refractivity contribution in [3.8, 4) is 0 Å². The van der Waals surface area contributed by atoms with E-state index < -0.39 is 11.5 Å². The van der Waals surface area contributed by atoms with Crippen LogP contribution in [0.1, 0.15) is 22.8 Å². The standard InChI is InChI=1S/C24H19FN4O3/c1-15(30)27-19-5-2-6-20(13-19)28-23(31)21-12-17-4-3-11-26-22(17)29(24(21)32)14-16-7-9-18(25)10-8-16/h2-13H,14H2,1H3,(H,27,30)(H,28,31). The first-order chi connectivity index (χ1) is 15.4. The van der Waals surface area contributed by atoms with Crippen LogP contribution < -0.4 is 16.2 Å². The average molecular weight is 430 g/mol. The normalized spacial score (nSPS) is 10.7. The third kappa shape index (κ3) is 4.54. The number of benzene rings is 2. The van der Waals surface area contributed by atoms with Crippen LogP contribution in [0.4, 0.5) is 15.8 Å². The Hall–Kier alpha value is -4.33. The molecular formula is C24H19FN4O3. The Labute approximate surface area is 182 Å². The Balaban J connectivity index is 1.72. The van der Waals surface area contributed by atoms with Crippen molar-refractivity contribution in [1.29, 1.82) is 0 Å². The Morgan fingerprint density at radius 3 is 2.41 bits per heavy atom. The maximum Gasteiger partial charge on any atom is 0.265 e. The lowest BCUT2D eigenvalue weighted by molar-refractivity contribution is -0.114. The fraction of sp³-hybridized carbons (Fsp3) is 0.0833. The van der Waals surface area contributed by atoms with Crippen molar-refractivity contribution >= 4 is 34.2 Å². The number of nitrogens with one attached hydrogen (secondary N) is 2. The third-order valence-corrected chi connectivity index (χ3v) is 4.79. The van der Waals surface area contributed by atoms with Gasteiger partial charge < -0.3 is 10.6 Å². The number of halogens is 1. The van der Waals surface area contributed by atoms with Crippen molar-refractivity contribution in [2.45, 2.75) is 13.5 Å². The number of fused-ring (bicyclic) bond motifs is 1. The predicted octanol–water partition coefficient (Wildman–Crippen LogP) is 3.79. The van der Waals surface area contributed by atoms with E-state index in [1.807, 2.05) is 0 Å². The van der Waals surface area contributed by atoms with Crippen molar-refractivity contribution in [1.82, 2.24) is 9.55 Å². The van der Waals surface area contributed by atoms with E-state index in [1.165, 1.54) is 29.7 Å². The van der Waals surface area contributed by atoms with E-state index in [2.05, 4.69) is 15.6 Å². The summed E-state index contributed by atoms with van der Waals surface area (Å²) in [6.07, 6.45) is 1.57. The van der Waals surface area contributed by atoms with E-state index in [0.29, 0.717) is 28.0 Å². The van der Waals surface area contributed by atoms with Gasteiger partial charge in [0, 0.05) is 29.9 Å². The molecule has 0 unspecified atom stereocenters. The van der Waals surface area contributed by atoms with Gasteiger partial charge in [0.1, 0.15) is 17.0 Å². The van der Waals surface area contributed by atoms with Gasteiger partial charge in [0.25, 0.3) is 11.5 Å². The van der Waals surface area contributed by atoms with Crippen LogP contribution in [0.5, 0.6) is 0 Å². The first kappa shape index (κ1) is 20.9. The van der Waals surface area contributed by atoms with Crippen molar-refractivity contribution in [3.05, 3.63) is 100 Å². The second kappa shape index (κ2) is 8.81. The lowest BCUT2D eigenvalue weighted by Crippen LogP contribution is -2.30. The zero-order chi connectivity index (χ0) is 22.7. The molecule has 4 rings (SSSR count). The number of hydrogen-bond acceptors (Lipinski definition) is 4. The maximum atomic E-state index is 13.3. The quantitative estimate of drug-likeness (QED) is 0.504. The summed E-state index contributed by atoms with van der Waals surface area (Å²) in [6, 6.07) is 17.4. The fourth-order valence-corrected chi connectivity index (χ4v) is 3.36. The molecule has 32 heavy (non-hydrogen) atoms. The van der Waals surface area contributed by atoms with E-state index in [4.69, 9.17) is 0 Å². The average Bonchev–Trinajstić information content (AvgIpc) is 2.76. The minimum absolute atomic E-state index is 0.0578. The molecule has 7 nitrogen and oxygen atoms in total. The minimum Gasteiger partial charge on any atom is -0.326 e. The number of carbonyl (C=O) groups excluding carboxylic acids is 2. The number of hydrogen-bond donors (Lipinski definition) is 2. The molecule has 0 bridgehead atoms. The van der Waals surface area contributed by atoms with Gasteiger partial charge in [-0.3, -0.25) is 19.0 Å². The lowest BCUT2D eigenvalue weighted by Gasteiger charge is -2.13. The molecular weight excluding hydrogens is 411 g/mol. The molecule has 0 aliphatic heterocycles. The summed E-state index contributed by atoms with van der Waals surface area (Å²) in [5.74, 6) is -1.20. The molecule has 0 saturated carbocycles. The Kier molecular flexibility index (Phi) is 5.76. The molecule has 2 aromatic heterocycles. The van der Waals surface area contributed by atoms with Gasteiger partial charge in [-0.1, -0.05) is 18.2 Å². The van der Waals surface area contributed by atoms with Gasteiger partial charge in [-0.15, -0.1) is 0 Å². The van der Waals surface area contributed by atoms with Crippen LogP contribution in [0.15, 0.2) is 77.7 Å². The number of nitrogens with zero attached hydrogens (tertiary/aromatic N) is 2. The number of pyridine rings is 2. The molecule has 0 spiro atoms. The molecule has 2 N–H and O–H groups in total. The molecule has 0 radical (unpaired) electrons. The molecule has 0 aliphatic carbocycles. The van der Waals surface area contributed by atoms with Gasteiger partial charge in [-0.25, -0.2) is 9.37 Å². The highest BCUT2D eigenvalue weighted by Gasteiger charge is 2.17. The monoisotopic (exact) mass is 430 g/mol. The van der Waals surface area contributed by atoms with Crippen LogP contribution in [0.3, 0.4) is 0 Å². The molecule has 0 atom stereocenters. The van der Waals surface area contributed by atoms with E-state index in [-0.39, 0.29) is 23.8 Å². The second-order valence-electron chi connectivity index (χ2n) is 7.21. The summed E-state index contributed by atoms with van der Waals surface area (Å²) < 4.78 is 14.7. The van der Waals surface area contributed by atoms with Gasteiger partial charge >= 0.3 is 0 Å². The number of amides is 2. The summed E-state index contributed by atoms with van der Waals surface area (Å²) >= 11 is 0. The summed E-state index contributed by atoms with van der Waals surface area (Å²) in [5, 5.41) is 5.96. The van der Waals surface area contributed by atoms with Crippen molar-refractivity contribution in [2.24, 2.45) is 0 Å². The molecule has 0 aliphatic rings. The Morgan fingerprint density at radius 2 is 1.69 bits per heavy atom. The minimum atomic E-state index is -0.589. The van der Waals surface area contributed by atoms with Crippen LogP contribution in [0.2, 0.25) is 0 Å². The highest BCUT2D eigenvalue weighted by atomic mass is 19.1. The zero-order valence-electron chi connectivity index (χ0n) is 17.1. The van der Waals surface area contributed by atoms with Crippen LogP contribution in [-0.4, -0.2) is 21.4 Å². The smallest absolute Gasteiger partial charge is 0.265 e. The highest BCUT2D eigenvalue weighted by molar-refractivity contribution is 6.06. The number of anilines is 2. The predicted molar refractivity (Wildman–Crippen MR) is 120 cm³/mol. The SMILES string of the molecule is CC(=O)Nc1cccc(NC(=O)c2cc3cccnc3n(Cc3ccc(F)cc3)c2=O)c1. The third-order valence-electron chi connectivity index (χ3n) is 4.79. The summed E-state index contributed by atoms with van der Waals surface area (Å²) in [7, 11) is 0. The number of carbonyl (C=O) groups is 2. The van der Waals surface area contributed by atoms with Crippen molar-refractivity contribution < 1.29 is 14.0 Å². The van der Waals surface area contributed by atoms with Crippen molar-refractivity contribution in [3.63, 3.8) is 0 Å². The maximum absolute atomic E-state index is 13.3. The molecule has 0 saturated heterocycles. The van der Waals surface area contributed by atoms with Crippen LogP contribution >= 0.6 is 0 Å². The molecule has 8 heteroatoms. The molecule has 2 heterocycles. The van der Waals surface area contributed by atoms with Gasteiger partial charge in [0.05, 0.1) is 6.54 Å². The van der Waals surface area contributed by atoms with Gasteiger partial charge in [0.2, 0.25) is 5.91 Å². The van der Waals surface area contributed by atoms with E-state index in [1.54, 1.807) is 54.7 Å². The van der Waals surface area contributed by atoms with Gasteiger partial charge in [-0.2, -0.15) is 0 Å². The summed E-state index contributed by atoms with van der Waals surface area (Å²) in [6.45, 7) is 1.52. The van der Waals surface area contributed by atoms with E-state index in [9.17, 15) is 18.8 Å². The van der Waals surface area contributed by atoms with Crippen LogP contribution in [-0.2, 0) is 11.3 Å². The topological polar surface area (TPSA) is 93.1 Å². The first-order valence-electron chi connectivity index (χ1n) is 9.83. The fourth-order valence-electron chi connectivity index (χ4n) is 3.36. The first-order valence-corrected chi connectivity index (χ1v) is 9.83. The molecule has 2 amide bonds. The highest BCUT2D eigenvalue weighted by Crippen LogP contribution is 2.17. The second-order valence-corrected chi connectivity index (χ2v) is 7.21. The van der Waals surface area contributed by atoms with Crippen LogP contribution in [0.25, 0.3) is 11.0 Å². The summed E-state index contributed by atoms with van der Waals surface area (Å²) in [4.78, 5) is 41.8. The zero-order valence-corrected chi connectivity index (χ0v) is 17.1. The van der Waals surface area contributed by atoms with Crippen molar-refractivity contribution in [2.75, 3.05) is 10.6 Å². The lowest BCUT2D eigenvalue weighted by atomic mass is 10.1. The number of rotatable bonds is 5. The largest absolute Gasteiger partial charge is 0.326 e. The molecule has 4 aromatic rings. The number of aromatic nitrogens is 2. The van der Waals surface area contributed by atoms with Gasteiger partial charge in [0.15, 0.2) is 0 Å².